The first kappa shape index (κ1) is 13.1. The van der Waals surface area contributed by atoms with Gasteiger partial charge in [-0.1, -0.05) is 24.3 Å². The molecule has 1 N–H and O–H groups in total. The van der Waals surface area contributed by atoms with E-state index in [2.05, 4.69) is 9.97 Å². The van der Waals surface area contributed by atoms with Crippen LogP contribution in [0.4, 0.5) is 0 Å². The van der Waals surface area contributed by atoms with Crippen molar-refractivity contribution in [2.75, 3.05) is 0 Å². The molecule has 0 saturated heterocycles. The minimum atomic E-state index is -1.06. The predicted molar refractivity (Wildman–Crippen MR) is 77.8 cm³/mol. The molecule has 0 aliphatic carbocycles. The maximum absolute atomic E-state index is 11.6. The molecule has 104 valence electrons. The molecule has 0 atom stereocenters. The number of benzene rings is 1. The number of rotatable bonds is 3. The van der Waals surface area contributed by atoms with Gasteiger partial charge in [-0.05, 0) is 18.6 Å². The summed E-state index contributed by atoms with van der Waals surface area (Å²) in [7, 11) is 0. The van der Waals surface area contributed by atoms with E-state index >= 15 is 0 Å². The summed E-state index contributed by atoms with van der Waals surface area (Å²) >= 11 is 0. The first-order chi connectivity index (χ1) is 10.1. The lowest BCUT2D eigenvalue weighted by Crippen LogP contribution is -2.03. The SMILES string of the molecule is Cc1ccc(Oc2cnc3ccccc3c2C(=O)O)nc1. The van der Waals surface area contributed by atoms with E-state index in [1.165, 1.54) is 6.20 Å². The van der Waals surface area contributed by atoms with Gasteiger partial charge in [-0.15, -0.1) is 0 Å². The van der Waals surface area contributed by atoms with Gasteiger partial charge in [-0.2, -0.15) is 0 Å². The van der Waals surface area contributed by atoms with Crippen LogP contribution in [0.25, 0.3) is 10.9 Å². The van der Waals surface area contributed by atoms with Gasteiger partial charge in [-0.25, -0.2) is 9.78 Å². The third-order valence-electron chi connectivity index (χ3n) is 3.05. The van der Waals surface area contributed by atoms with Crippen LogP contribution in [-0.4, -0.2) is 21.0 Å². The average Bonchev–Trinajstić information content (AvgIpc) is 2.49. The summed E-state index contributed by atoms with van der Waals surface area (Å²) in [4.78, 5) is 19.9. The highest BCUT2D eigenvalue weighted by atomic mass is 16.5. The van der Waals surface area contributed by atoms with Crippen LogP contribution in [0.5, 0.6) is 11.6 Å². The van der Waals surface area contributed by atoms with Gasteiger partial charge >= 0.3 is 5.97 Å². The number of aromatic carboxylic acids is 1. The molecule has 2 aromatic heterocycles. The van der Waals surface area contributed by atoms with E-state index in [1.54, 1.807) is 30.5 Å². The van der Waals surface area contributed by atoms with E-state index in [4.69, 9.17) is 4.74 Å². The molecule has 21 heavy (non-hydrogen) atoms. The van der Waals surface area contributed by atoms with Crippen molar-refractivity contribution in [1.29, 1.82) is 0 Å². The van der Waals surface area contributed by atoms with Crippen molar-refractivity contribution in [3.8, 4) is 11.6 Å². The van der Waals surface area contributed by atoms with E-state index in [0.717, 1.165) is 5.56 Å². The Balaban J connectivity index is 2.11. The standard InChI is InChI=1S/C16H12N2O3/c1-10-6-7-14(18-8-10)21-13-9-17-12-5-3-2-4-11(12)15(13)16(19)20/h2-9H,1H3,(H,19,20). The highest BCUT2D eigenvalue weighted by Crippen LogP contribution is 2.29. The molecule has 0 saturated carbocycles. The molecular weight excluding hydrogens is 268 g/mol. The summed E-state index contributed by atoms with van der Waals surface area (Å²) in [5.41, 5.74) is 1.69. The fourth-order valence-electron chi connectivity index (χ4n) is 2.05. The Labute approximate surface area is 120 Å². The number of nitrogens with zero attached hydrogens (tertiary/aromatic N) is 2. The molecule has 0 spiro atoms. The lowest BCUT2D eigenvalue weighted by Gasteiger charge is -2.10. The summed E-state index contributed by atoms with van der Waals surface area (Å²) < 4.78 is 5.58. The topological polar surface area (TPSA) is 72.3 Å². The molecule has 0 fully saturated rings. The molecule has 2 heterocycles. The zero-order chi connectivity index (χ0) is 14.8. The van der Waals surface area contributed by atoms with Crippen LogP contribution in [0.15, 0.2) is 48.8 Å². The van der Waals surface area contributed by atoms with E-state index in [-0.39, 0.29) is 11.3 Å². The fraction of sp³-hybridized carbons (Fsp3) is 0.0625. The first-order valence-corrected chi connectivity index (χ1v) is 6.36. The van der Waals surface area contributed by atoms with Crippen molar-refractivity contribution in [2.45, 2.75) is 6.92 Å². The van der Waals surface area contributed by atoms with E-state index in [9.17, 15) is 9.90 Å². The van der Waals surface area contributed by atoms with Crippen LogP contribution in [0.3, 0.4) is 0 Å². The Morgan fingerprint density at radius 1 is 1.10 bits per heavy atom. The van der Waals surface area contributed by atoms with Crippen LogP contribution in [0.1, 0.15) is 15.9 Å². The minimum Gasteiger partial charge on any atom is -0.478 e. The number of aryl methyl sites for hydroxylation is 1. The average molecular weight is 280 g/mol. The fourth-order valence-corrected chi connectivity index (χ4v) is 2.05. The number of pyridine rings is 2. The molecule has 0 aliphatic rings. The van der Waals surface area contributed by atoms with Crippen LogP contribution in [0, 0.1) is 6.92 Å². The van der Waals surface area contributed by atoms with Gasteiger partial charge in [0.25, 0.3) is 0 Å². The number of para-hydroxylation sites is 1. The number of carboxylic acids is 1. The predicted octanol–water partition coefficient (Wildman–Crippen LogP) is 3.43. The zero-order valence-electron chi connectivity index (χ0n) is 11.3. The highest BCUT2D eigenvalue weighted by molar-refractivity contribution is 6.04. The molecule has 0 unspecified atom stereocenters. The molecule has 5 heteroatoms. The van der Waals surface area contributed by atoms with Gasteiger partial charge < -0.3 is 9.84 Å². The number of fused-ring (bicyclic) bond motifs is 1. The van der Waals surface area contributed by atoms with Gasteiger partial charge in [0.1, 0.15) is 5.56 Å². The third-order valence-corrected chi connectivity index (χ3v) is 3.05. The van der Waals surface area contributed by atoms with Gasteiger partial charge in [-0.3, -0.25) is 4.98 Å². The zero-order valence-corrected chi connectivity index (χ0v) is 11.3. The largest absolute Gasteiger partial charge is 0.478 e. The van der Waals surface area contributed by atoms with Gasteiger partial charge in [0.05, 0.1) is 11.7 Å². The summed E-state index contributed by atoms with van der Waals surface area (Å²) in [6.45, 7) is 1.91. The molecule has 5 nitrogen and oxygen atoms in total. The Morgan fingerprint density at radius 3 is 2.62 bits per heavy atom. The van der Waals surface area contributed by atoms with Crippen molar-refractivity contribution in [3.63, 3.8) is 0 Å². The maximum atomic E-state index is 11.6. The molecule has 0 amide bonds. The van der Waals surface area contributed by atoms with Crippen molar-refractivity contribution < 1.29 is 14.6 Å². The number of ether oxygens (including phenoxy) is 1. The second kappa shape index (κ2) is 5.20. The number of hydrogen-bond donors (Lipinski definition) is 1. The second-order valence-electron chi connectivity index (χ2n) is 4.60. The van der Waals surface area contributed by atoms with E-state index < -0.39 is 5.97 Å². The monoisotopic (exact) mass is 280 g/mol. The molecule has 0 radical (unpaired) electrons. The molecule has 0 bridgehead atoms. The van der Waals surface area contributed by atoms with Gasteiger partial charge in [0.2, 0.25) is 5.88 Å². The molecule has 3 aromatic rings. The van der Waals surface area contributed by atoms with Gasteiger partial charge in [0.15, 0.2) is 5.75 Å². The second-order valence-corrected chi connectivity index (χ2v) is 4.60. The molecule has 3 rings (SSSR count). The van der Waals surface area contributed by atoms with Crippen molar-refractivity contribution >= 4 is 16.9 Å². The van der Waals surface area contributed by atoms with Crippen molar-refractivity contribution in [2.24, 2.45) is 0 Å². The number of aromatic nitrogens is 2. The Bertz CT molecular complexity index is 813. The van der Waals surface area contributed by atoms with Crippen LogP contribution >= 0.6 is 0 Å². The third kappa shape index (κ3) is 2.53. The van der Waals surface area contributed by atoms with Crippen LogP contribution in [0.2, 0.25) is 0 Å². The van der Waals surface area contributed by atoms with Crippen molar-refractivity contribution in [1.82, 2.24) is 9.97 Å². The maximum Gasteiger partial charge on any atom is 0.340 e. The number of carbonyl (C=O) groups is 1. The first-order valence-electron chi connectivity index (χ1n) is 6.36. The minimum absolute atomic E-state index is 0.0861. The molecular formula is C16H12N2O3. The van der Waals surface area contributed by atoms with Crippen LogP contribution < -0.4 is 4.74 Å². The Morgan fingerprint density at radius 2 is 1.90 bits per heavy atom. The smallest absolute Gasteiger partial charge is 0.340 e. The summed E-state index contributed by atoms with van der Waals surface area (Å²) in [5, 5.41) is 9.99. The summed E-state index contributed by atoms with van der Waals surface area (Å²) in [6, 6.07) is 10.6. The van der Waals surface area contributed by atoms with Gasteiger partial charge in [0, 0.05) is 17.6 Å². The molecule has 1 aromatic carbocycles. The van der Waals surface area contributed by atoms with Crippen LogP contribution in [-0.2, 0) is 0 Å². The summed E-state index contributed by atoms with van der Waals surface area (Å²) in [6.07, 6.45) is 3.07. The lowest BCUT2D eigenvalue weighted by molar-refractivity contribution is 0.0696. The Hall–Kier alpha value is -2.95. The Kier molecular flexibility index (Phi) is 3.23. The highest BCUT2D eigenvalue weighted by Gasteiger charge is 2.17. The quantitative estimate of drug-likeness (QED) is 0.795. The number of hydrogen-bond acceptors (Lipinski definition) is 4. The van der Waals surface area contributed by atoms with E-state index in [0.29, 0.717) is 16.8 Å². The lowest BCUT2D eigenvalue weighted by atomic mass is 10.1. The summed E-state index contributed by atoms with van der Waals surface area (Å²) in [5.74, 6) is -0.548. The number of carboxylic acid groups (broad SMARTS) is 1. The van der Waals surface area contributed by atoms with E-state index in [1.807, 2.05) is 19.1 Å². The van der Waals surface area contributed by atoms with Crippen molar-refractivity contribution in [3.05, 3.63) is 59.9 Å². The molecule has 0 aliphatic heterocycles. The normalized spacial score (nSPS) is 10.5.